The molecule has 0 heterocycles. The Morgan fingerprint density at radius 3 is 1.11 bits per heavy atom. The molecule has 19 heavy (non-hydrogen) atoms. The van der Waals surface area contributed by atoms with E-state index in [-0.39, 0.29) is 17.1 Å². The molecule has 0 atom stereocenters. The molecule has 1 radical (unpaired) electrons. The average molecular weight is 370 g/mol. The summed E-state index contributed by atoms with van der Waals surface area (Å²) in [5.74, 6) is 1.33. The van der Waals surface area contributed by atoms with E-state index in [2.05, 4.69) is 0 Å². The second-order valence-corrected chi connectivity index (χ2v) is 4.99. The van der Waals surface area contributed by atoms with Crippen LogP contribution in [0.3, 0.4) is 0 Å². The molecule has 2 aromatic carbocycles. The van der Waals surface area contributed by atoms with Gasteiger partial charge < -0.3 is 25.3 Å². The summed E-state index contributed by atoms with van der Waals surface area (Å²) in [6, 6.07) is 15.2. The Hall–Kier alpha value is 0.239. The van der Waals surface area contributed by atoms with Gasteiger partial charge in [0.25, 0.3) is 0 Å². The zero-order chi connectivity index (χ0) is 13.4. The molecule has 0 unspecified atom stereocenters. The van der Waals surface area contributed by atoms with Crippen molar-refractivity contribution in [1.82, 2.24) is 0 Å². The molecule has 0 spiro atoms. The van der Waals surface area contributed by atoms with Crippen LogP contribution in [0.2, 0.25) is 10.0 Å². The van der Waals surface area contributed by atoms with E-state index in [0.717, 1.165) is 21.2 Å². The number of rotatable bonds is 2. The van der Waals surface area contributed by atoms with Crippen molar-refractivity contribution in [2.45, 2.75) is 11.5 Å². The van der Waals surface area contributed by atoms with Gasteiger partial charge in [-0.15, -0.1) is 0 Å². The first-order valence-electron chi connectivity index (χ1n) is 5.31. The van der Waals surface area contributed by atoms with Crippen molar-refractivity contribution in [2.24, 2.45) is 0 Å². The van der Waals surface area contributed by atoms with E-state index in [9.17, 15) is 0 Å². The van der Waals surface area contributed by atoms with Crippen LogP contribution in [0, 0.1) is 0 Å². The number of benzene rings is 2. The van der Waals surface area contributed by atoms with Crippen molar-refractivity contribution < 1.29 is 17.1 Å². The van der Waals surface area contributed by atoms with Crippen molar-refractivity contribution in [1.29, 1.82) is 0 Å². The molecule has 0 amide bonds. The van der Waals surface area contributed by atoms with Gasteiger partial charge in [-0.2, -0.15) is 11.5 Å². The molecule has 0 aliphatic heterocycles. The molecule has 0 aliphatic carbocycles. The van der Waals surface area contributed by atoms with Gasteiger partial charge in [0, 0.05) is 10.0 Å². The topological polar surface area (TPSA) is 0 Å². The maximum Gasteiger partial charge on any atom is 2.00 e. The van der Waals surface area contributed by atoms with Gasteiger partial charge in [-0.3, -0.25) is 0 Å². The summed E-state index contributed by atoms with van der Waals surface area (Å²) in [6.45, 7) is 0. The molecule has 0 aromatic heterocycles. The fourth-order valence-corrected chi connectivity index (χ4v) is 1.80. The van der Waals surface area contributed by atoms with Crippen molar-refractivity contribution in [3.63, 3.8) is 0 Å². The minimum Gasteiger partial charge on any atom is -0.788 e. The third-order valence-electron chi connectivity index (χ3n) is 2.16. The molecule has 0 saturated carbocycles. The monoisotopic (exact) mass is 369 g/mol. The van der Waals surface area contributed by atoms with Crippen LogP contribution in [0.25, 0.3) is 0 Å². The van der Waals surface area contributed by atoms with Crippen molar-refractivity contribution >= 4 is 48.5 Å². The fraction of sp³-hybridized carbons (Fsp3) is 0.143. The molecule has 2 rings (SSSR count). The van der Waals surface area contributed by atoms with Gasteiger partial charge in [-0.25, -0.2) is 0 Å². The Labute approximate surface area is 146 Å². The number of hydrogen-bond donors (Lipinski definition) is 0. The summed E-state index contributed by atoms with van der Waals surface area (Å²) >= 11 is 20.9. The Bertz CT molecular complexity index is 412. The van der Waals surface area contributed by atoms with Crippen LogP contribution in [0.1, 0.15) is 11.1 Å². The van der Waals surface area contributed by atoms with Gasteiger partial charge in [-0.05, 0) is 24.3 Å². The summed E-state index contributed by atoms with van der Waals surface area (Å²) in [5.41, 5.74) is 2.30. The SMILES string of the molecule is [Mn+2].[S-]Cc1ccc(Cl)cc1.[S-]Cc1ccc(Cl)cc1. The standard InChI is InChI=1S/2C7H7ClS.Mn/c2*8-7-3-1-6(5-9)2-4-7;/h2*1-4,9H,5H2;/q;;+2/p-2. The summed E-state index contributed by atoms with van der Waals surface area (Å²) in [6.07, 6.45) is 0. The van der Waals surface area contributed by atoms with E-state index in [1.54, 1.807) is 0 Å². The minimum absolute atomic E-state index is 0. The number of hydrogen-bond acceptors (Lipinski definition) is 2. The van der Waals surface area contributed by atoms with Crippen molar-refractivity contribution in [2.75, 3.05) is 0 Å². The maximum absolute atomic E-state index is 5.63. The summed E-state index contributed by atoms with van der Waals surface area (Å²) in [4.78, 5) is 0. The predicted molar refractivity (Wildman–Crippen MR) is 85.0 cm³/mol. The van der Waals surface area contributed by atoms with Gasteiger partial charge in [0.1, 0.15) is 0 Å². The summed E-state index contributed by atoms with van der Waals surface area (Å²) in [5, 5.41) is 1.53. The van der Waals surface area contributed by atoms with Gasteiger partial charge in [0.15, 0.2) is 0 Å². The van der Waals surface area contributed by atoms with Crippen molar-refractivity contribution in [3.05, 3.63) is 69.7 Å². The van der Waals surface area contributed by atoms with Gasteiger partial charge in [-0.1, -0.05) is 58.6 Å². The summed E-state index contributed by atoms with van der Waals surface area (Å²) < 4.78 is 0. The Balaban J connectivity index is 0.000000324. The van der Waals surface area contributed by atoms with Crippen LogP contribution >= 0.6 is 23.2 Å². The zero-order valence-corrected chi connectivity index (χ0v) is 14.3. The molecule has 0 fully saturated rings. The van der Waals surface area contributed by atoms with E-state index in [0.29, 0.717) is 11.5 Å². The van der Waals surface area contributed by atoms with Gasteiger partial charge in [0.2, 0.25) is 0 Å². The molecule has 0 saturated heterocycles. The first-order chi connectivity index (χ1) is 8.65. The van der Waals surface area contributed by atoms with Crippen LogP contribution in [-0.4, -0.2) is 0 Å². The normalized spacial score (nSPS) is 9.05. The predicted octanol–water partition coefficient (Wildman–Crippen LogP) is 4.77. The quantitative estimate of drug-likeness (QED) is 0.552. The molecule has 0 nitrogen and oxygen atoms in total. The molecule has 0 aliphatic rings. The van der Waals surface area contributed by atoms with E-state index < -0.39 is 0 Å². The molecule has 101 valence electrons. The molecular formula is C14H12Cl2MnS2. The van der Waals surface area contributed by atoms with E-state index in [1.807, 2.05) is 48.5 Å². The van der Waals surface area contributed by atoms with E-state index in [1.165, 1.54) is 0 Å². The Morgan fingerprint density at radius 1 is 0.632 bits per heavy atom. The van der Waals surface area contributed by atoms with Crippen LogP contribution in [0.4, 0.5) is 0 Å². The molecular weight excluding hydrogens is 358 g/mol. The van der Waals surface area contributed by atoms with Crippen LogP contribution in [0.5, 0.6) is 0 Å². The van der Waals surface area contributed by atoms with Gasteiger partial charge in [0.05, 0.1) is 0 Å². The fourth-order valence-electron chi connectivity index (χ4n) is 1.16. The summed E-state index contributed by atoms with van der Waals surface area (Å²) in [7, 11) is 0. The number of halogens is 2. The Morgan fingerprint density at radius 2 is 0.895 bits per heavy atom. The largest absolute Gasteiger partial charge is 2.00 e. The molecule has 0 N–H and O–H groups in total. The second-order valence-electron chi connectivity index (χ2n) is 3.54. The first kappa shape index (κ1) is 19.2. The maximum atomic E-state index is 5.63. The third kappa shape index (κ3) is 8.19. The first-order valence-corrected chi connectivity index (χ1v) is 7.22. The minimum atomic E-state index is 0. The third-order valence-corrected chi connectivity index (χ3v) is 3.33. The second kappa shape index (κ2) is 11.0. The van der Waals surface area contributed by atoms with Crippen LogP contribution in [-0.2, 0) is 53.8 Å². The Kier molecular flexibility index (Phi) is 11.1. The molecule has 2 aromatic rings. The van der Waals surface area contributed by atoms with E-state index in [4.69, 9.17) is 48.5 Å². The van der Waals surface area contributed by atoms with Crippen molar-refractivity contribution in [3.8, 4) is 0 Å². The van der Waals surface area contributed by atoms with Crippen LogP contribution in [0.15, 0.2) is 48.5 Å². The van der Waals surface area contributed by atoms with E-state index >= 15 is 0 Å². The average Bonchev–Trinajstić information content (AvgIpc) is 2.41. The van der Waals surface area contributed by atoms with Gasteiger partial charge >= 0.3 is 17.1 Å². The smallest absolute Gasteiger partial charge is 0.788 e. The van der Waals surface area contributed by atoms with Crippen LogP contribution < -0.4 is 0 Å². The molecule has 5 heteroatoms. The zero-order valence-electron chi connectivity index (χ0n) is 9.98. The molecule has 0 bridgehead atoms.